The van der Waals surface area contributed by atoms with Crippen LogP contribution in [0.3, 0.4) is 0 Å². The molecule has 1 fully saturated rings. The highest BCUT2D eigenvalue weighted by molar-refractivity contribution is 8.26. The van der Waals surface area contributed by atoms with Crippen LogP contribution < -0.4 is 0 Å². The maximum Gasteiger partial charge on any atom is 0.326 e. The van der Waals surface area contributed by atoms with Gasteiger partial charge in [0.1, 0.15) is 10.4 Å². The molecule has 0 aliphatic carbocycles. The lowest BCUT2D eigenvalue weighted by atomic mass is 10.0. The van der Waals surface area contributed by atoms with Gasteiger partial charge in [-0.15, -0.1) is 0 Å². The first kappa shape index (κ1) is 20.3. The van der Waals surface area contributed by atoms with Crippen LogP contribution in [0.25, 0.3) is 17.2 Å². The van der Waals surface area contributed by atoms with Gasteiger partial charge in [-0.1, -0.05) is 98.3 Å². The Balaban J connectivity index is 1.80. The second-order valence-corrected chi connectivity index (χ2v) is 8.21. The molecule has 144 valence electrons. The quantitative estimate of drug-likeness (QED) is 0.501. The number of hydrogen-bond acceptors (Lipinski definition) is 4. The van der Waals surface area contributed by atoms with Gasteiger partial charge in [-0.25, -0.2) is 4.79 Å². The van der Waals surface area contributed by atoms with Crippen LogP contribution in [0.1, 0.15) is 31.7 Å². The van der Waals surface area contributed by atoms with Crippen LogP contribution in [0, 0.1) is 0 Å². The third-order valence-corrected chi connectivity index (χ3v) is 5.90. The Bertz CT molecular complexity index is 907. The van der Waals surface area contributed by atoms with Gasteiger partial charge in [-0.2, -0.15) is 0 Å². The molecule has 1 aliphatic heterocycles. The number of aliphatic carboxylic acids is 1. The minimum Gasteiger partial charge on any atom is -0.480 e. The number of carbonyl (C=O) groups is 2. The summed E-state index contributed by atoms with van der Waals surface area (Å²) in [6.07, 6.45) is 3.76. The number of benzene rings is 2. The van der Waals surface area contributed by atoms with Crippen molar-refractivity contribution in [1.82, 2.24) is 4.90 Å². The van der Waals surface area contributed by atoms with E-state index in [4.69, 9.17) is 12.2 Å². The van der Waals surface area contributed by atoms with E-state index >= 15 is 0 Å². The number of hydrogen-bond donors (Lipinski definition) is 1. The second kappa shape index (κ2) is 9.17. The van der Waals surface area contributed by atoms with Crippen molar-refractivity contribution in [2.45, 2.75) is 32.2 Å². The lowest BCUT2D eigenvalue weighted by Crippen LogP contribution is -2.43. The van der Waals surface area contributed by atoms with Crippen LogP contribution in [-0.4, -0.2) is 32.2 Å². The molecule has 4 nitrogen and oxygen atoms in total. The average molecular weight is 412 g/mol. The van der Waals surface area contributed by atoms with Crippen LogP contribution >= 0.6 is 24.0 Å². The zero-order valence-corrected chi connectivity index (χ0v) is 17.1. The standard InChI is InChI=1S/C22H21NO3S2/c1-2-3-9-18(21(25)26)23-20(24)19(28-22(23)27)14-15-10-12-17(13-11-15)16-7-5-4-6-8-16/h4-8,10-14,18H,2-3,9H2,1H3,(H,25,26)/b19-14-/t18-/m0/s1. The van der Waals surface area contributed by atoms with Crippen molar-refractivity contribution in [1.29, 1.82) is 0 Å². The Morgan fingerprint density at radius 2 is 1.79 bits per heavy atom. The smallest absolute Gasteiger partial charge is 0.326 e. The van der Waals surface area contributed by atoms with Gasteiger partial charge in [-0.05, 0) is 29.2 Å². The zero-order chi connectivity index (χ0) is 20.1. The molecule has 2 aromatic carbocycles. The van der Waals surface area contributed by atoms with E-state index in [1.807, 2.05) is 61.5 Å². The van der Waals surface area contributed by atoms with Crippen LogP contribution in [0.2, 0.25) is 0 Å². The molecule has 0 saturated carbocycles. The first-order valence-electron chi connectivity index (χ1n) is 9.16. The number of thioether (sulfide) groups is 1. The van der Waals surface area contributed by atoms with E-state index in [-0.39, 0.29) is 5.91 Å². The predicted molar refractivity (Wildman–Crippen MR) is 118 cm³/mol. The summed E-state index contributed by atoms with van der Waals surface area (Å²) in [5.41, 5.74) is 3.09. The number of rotatable bonds is 7. The van der Waals surface area contributed by atoms with E-state index in [2.05, 4.69) is 0 Å². The molecule has 0 aromatic heterocycles. The van der Waals surface area contributed by atoms with E-state index in [1.54, 1.807) is 6.08 Å². The van der Waals surface area contributed by atoms with Gasteiger partial charge < -0.3 is 5.11 Å². The SMILES string of the molecule is CCCC[C@@H](C(=O)O)N1C(=O)/C(=C/c2ccc(-c3ccccc3)cc2)SC1=S. The molecule has 1 amide bonds. The van der Waals surface area contributed by atoms with E-state index in [0.717, 1.165) is 41.3 Å². The Morgan fingerprint density at radius 1 is 1.14 bits per heavy atom. The molecule has 0 radical (unpaired) electrons. The Morgan fingerprint density at radius 3 is 2.39 bits per heavy atom. The van der Waals surface area contributed by atoms with E-state index in [9.17, 15) is 14.7 Å². The molecule has 1 heterocycles. The topological polar surface area (TPSA) is 57.6 Å². The highest BCUT2D eigenvalue weighted by atomic mass is 32.2. The molecule has 1 saturated heterocycles. The highest BCUT2D eigenvalue weighted by Crippen LogP contribution is 2.35. The monoisotopic (exact) mass is 411 g/mol. The van der Waals surface area contributed by atoms with Gasteiger partial charge in [0.15, 0.2) is 0 Å². The van der Waals surface area contributed by atoms with Crippen molar-refractivity contribution in [3.63, 3.8) is 0 Å². The van der Waals surface area contributed by atoms with Crippen LogP contribution in [0.4, 0.5) is 0 Å². The molecule has 1 N–H and O–H groups in total. The first-order valence-corrected chi connectivity index (χ1v) is 10.4. The normalized spacial score (nSPS) is 16.6. The van der Waals surface area contributed by atoms with Crippen molar-refractivity contribution < 1.29 is 14.7 Å². The van der Waals surface area contributed by atoms with Crippen molar-refractivity contribution in [3.8, 4) is 11.1 Å². The van der Waals surface area contributed by atoms with Gasteiger partial charge in [0.05, 0.1) is 4.91 Å². The molecule has 0 bridgehead atoms. The number of amides is 1. The Kier molecular flexibility index (Phi) is 6.65. The summed E-state index contributed by atoms with van der Waals surface area (Å²) in [6, 6.07) is 17.0. The van der Waals surface area contributed by atoms with Crippen LogP contribution in [0.5, 0.6) is 0 Å². The maximum absolute atomic E-state index is 12.8. The molecular weight excluding hydrogens is 390 g/mol. The van der Waals surface area contributed by atoms with E-state index < -0.39 is 12.0 Å². The number of nitrogens with zero attached hydrogens (tertiary/aromatic N) is 1. The molecule has 1 aliphatic rings. The molecule has 0 unspecified atom stereocenters. The number of carbonyl (C=O) groups excluding carboxylic acids is 1. The van der Waals surface area contributed by atoms with E-state index in [1.165, 1.54) is 4.90 Å². The molecule has 28 heavy (non-hydrogen) atoms. The number of carboxylic acid groups (broad SMARTS) is 1. The third kappa shape index (κ3) is 4.51. The second-order valence-electron chi connectivity index (χ2n) is 6.54. The fourth-order valence-electron chi connectivity index (χ4n) is 3.06. The fourth-order valence-corrected chi connectivity index (χ4v) is 4.42. The molecule has 6 heteroatoms. The maximum atomic E-state index is 12.8. The fraction of sp³-hybridized carbons (Fsp3) is 0.227. The summed E-state index contributed by atoms with van der Waals surface area (Å²) < 4.78 is 0.306. The predicted octanol–water partition coefficient (Wildman–Crippen LogP) is 5.20. The van der Waals surface area contributed by atoms with Crippen molar-refractivity contribution >= 4 is 46.3 Å². The summed E-state index contributed by atoms with van der Waals surface area (Å²) in [6.45, 7) is 1.99. The number of unbranched alkanes of at least 4 members (excludes halogenated alkanes) is 1. The molecule has 0 spiro atoms. The lowest BCUT2D eigenvalue weighted by Gasteiger charge is -2.22. The first-order chi connectivity index (χ1) is 13.5. The molecular formula is C22H21NO3S2. The highest BCUT2D eigenvalue weighted by Gasteiger charge is 2.40. The Hall–Kier alpha value is -2.44. The van der Waals surface area contributed by atoms with Crippen LogP contribution in [-0.2, 0) is 9.59 Å². The number of carboxylic acids is 1. The summed E-state index contributed by atoms with van der Waals surface area (Å²) in [4.78, 5) is 26.2. The summed E-state index contributed by atoms with van der Waals surface area (Å²) in [5, 5.41) is 9.53. The third-order valence-electron chi connectivity index (χ3n) is 4.57. The van der Waals surface area contributed by atoms with Gasteiger partial charge in [0, 0.05) is 0 Å². The minimum absolute atomic E-state index is 0.306. The van der Waals surface area contributed by atoms with E-state index in [0.29, 0.717) is 15.6 Å². The molecule has 3 rings (SSSR count). The average Bonchev–Trinajstić information content (AvgIpc) is 2.97. The molecule has 2 aromatic rings. The Labute approximate surface area is 174 Å². The van der Waals surface area contributed by atoms with Crippen LogP contribution in [0.15, 0.2) is 59.5 Å². The molecule has 1 atom stereocenters. The summed E-state index contributed by atoms with van der Waals surface area (Å²) in [5.74, 6) is -1.34. The zero-order valence-electron chi connectivity index (χ0n) is 15.5. The summed E-state index contributed by atoms with van der Waals surface area (Å²) >= 11 is 6.47. The largest absolute Gasteiger partial charge is 0.480 e. The minimum atomic E-state index is -1.02. The van der Waals surface area contributed by atoms with Crippen molar-refractivity contribution in [2.75, 3.05) is 0 Å². The van der Waals surface area contributed by atoms with Gasteiger partial charge in [-0.3, -0.25) is 9.69 Å². The lowest BCUT2D eigenvalue weighted by molar-refractivity contribution is -0.145. The number of thiocarbonyl (C=S) groups is 1. The van der Waals surface area contributed by atoms with Gasteiger partial charge in [0.2, 0.25) is 0 Å². The van der Waals surface area contributed by atoms with Gasteiger partial charge in [0.25, 0.3) is 5.91 Å². The summed E-state index contributed by atoms with van der Waals surface area (Å²) in [7, 11) is 0. The van der Waals surface area contributed by atoms with Gasteiger partial charge >= 0.3 is 5.97 Å². The van der Waals surface area contributed by atoms with Crippen molar-refractivity contribution in [2.24, 2.45) is 0 Å². The van der Waals surface area contributed by atoms with Crippen molar-refractivity contribution in [3.05, 3.63) is 65.1 Å².